The Labute approximate surface area is 133 Å². The first kappa shape index (κ1) is 15.0. The lowest BCUT2D eigenvalue weighted by atomic mass is 10.2. The molecule has 0 amide bonds. The van der Waals surface area contributed by atoms with Gasteiger partial charge in [-0.3, -0.25) is 0 Å². The number of hydrogen-bond acceptors (Lipinski definition) is 8. The van der Waals surface area contributed by atoms with Crippen LogP contribution in [0.4, 0.5) is 17.5 Å². The standard InChI is InChI=1S/C15H17N7O/c16-7-11-2-1-3-18-15(11)22-5-4-21(8-12(23)9-22)14-6-13(17)19-10-20-14/h1-3,6,10,12,23H,4-5,8-9H2,(H2,17,19,20). The molecule has 0 aromatic carbocycles. The molecule has 1 fully saturated rings. The first-order valence-corrected chi connectivity index (χ1v) is 7.28. The summed E-state index contributed by atoms with van der Waals surface area (Å²) in [6.45, 7) is 2.09. The van der Waals surface area contributed by atoms with Gasteiger partial charge in [0.15, 0.2) is 0 Å². The molecule has 1 atom stereocenters. The molecule has 23 heavy (non-hydrogen) atoms. The minimum Gasteiger partial charge on any atom is -0.389 e. The van der Waals surface area contributed by atoms with E-state index in [9.17, 15) is 10.4 Å². The van der Waals surface area contributed by atoms with Crippen LogP contribution >= 0.6 is 0 Å². The number of aliphatic hydroxyl groups excluding tert-OH is 1. The van der Waals surface area contributed by atoms with Gasteiger partial charge in [0, 0.05) is 38.4 Å². The lowest BCUT2D eigenvalue weighted by Crippen LogP contribution is -2.34. The molecule has 2 aromatic rings. The fourth-order valence-corrected chi connectivity index (χ4v) is 2.66. The zero-order chi connectivity index (χ0) is 16.2. The van der Waals surface area contributed by atoms with Crippen LogP contribution in [0.3, 0.4) is 0 Å². The number of β-amino-alcohol motifs (C(OH)–C–C–N with tert-alkyl or cyclic N) is 1. The third-order valence-corrected chi connectivity index (χ3v) is 3.71. The summed E-state index contributed by atoms with van der Waals surface area (Å²) < 4.78 is 0. The van der Waals surface area contributed by atoms with Crippen LogP contribution in [0.25, 0.3) is 0 Å². The van der Waals surface area contributed by atoms with Crippen molar-refractivity contribution in [3.05, 3.63) is 36.3 Å². The van der Waals surface area contributed by atoms with Crippen LogP contribution in [0.5, 0.6) is 0 Å². The molecule has 0 saturated carbocycles. The van der Waals surface area contributed by atoms with Gasteiger partial charge in [0.25, 0.3) is 0 Å². The first-order chi connectivity index (χ1) is 11.2. The Kier molecular flexibility index (Phi) is 4.21. The largest absolute Gasteiger partial charge is 0.389 e. The molecule has 3 rings (SSSR count). The lowest BCUT2D eigenvalue weighted by molar-refractivity contribution is 0.190. The molecule has 3 heterocycles. The van der Waals surface area contributed by atoms with E-state index in [4.69, 9.17) is 5.73 Å². The molecule has 118 valence electrons. The van der Waals surface area contributed by atoms with Crippen molar-refractivity contribution < 1.29 is 5.11 Å². The molecular weight excluding hydrogens is 294 g/mol. The second kappa shape index (κ2) is 6.46. The molecule has 3 N–H and O–H groups in total. The van der Waals surface area contributed by atoms with Crippen molar-refractivity contribution in [1.82, 2.24) is 15.0 Å². The summed E-state index contributed by atoms with van der Waals surface area (Å²) >= 11 is 0. The maximum atomic E-state index is 10.3. The van der Waals surface area contributed by atoms with Crippen molar-refractivity contribution in [3.8, 4) is 6.07 Å². The smallest absolute Gasteiger partial charge is 0.146 e. The predicted molar refractivity (Wildman–Crippen MR) is 85.8 cm³/mol. The summed E-state index contributed by atoms with van der Waals surface area (Å²) in [5.41, 5.74) is 6.20. The second-order valence-electron chi connectivity index (χ2n) is 5.33. The number of nitrogens with zero attached hydrogens (tertiary/aromatic N) is 6. The van der Waals surface area contributed by atoms with Gasteiger partial charge in [-0.2, -0.15) is 5.26 Å². The second-order valence-corrected chi connectivity index (χ2v) is 5.33. The zero-order valence-electron chi connectivity index (χ0n) is 12.5. The summed E-state index contributed by atoms with van der Waals surface area (Å²) in [5, 5.41) is 19.5. The highest BCUT2D eigenvalue weighted by Gasteiger charge is 2.24. The first-order valence-electron chi connectivity index (χ1n) is 7.28. The molecule has 0 bridgehead atoms. The van der Waals surface area contributed by atoms with Crippen LogP contribution in [-0.2, 0) is 0 Å². The average Bonchev–Trinajstić information content (AvgIpc) is 2.76. The van der Waals surface area contributed by atoms with Gasteiger partial charge in [-0.05, 0) is 12.1 Å². The SMILES string of the molecule is N#Cc1cccnc1N1CCN(c2cc(N)ncn2)CC(O)C1. The number of anilines is 3. The molecule has 8 heteroatoms. The molecule has 0 radical (unpaired) electrons. The van der Waals surface area contributed by atoms with E-state index in [2.05, 4.69) is 21.0 Å². The third kappa shape index (κ3) is 3.30. The number of hydrogen-bond donors (Lipinski definition) is 2. The van der Waals surface area contributed by atoms with E-state index in [-0.39, 0.29) is 0 Å². The molecular formula is C15H17N7O. The number of nitrogen functional groups attached to an aromatic ring is 1. The van der Waals surface area contributed by atoms with Crippen molar-refractivity contribution in [2.75, 3.05) is 41.7 Å². The summed E-state index contributed by atoms with van der Waals surface area (Å²) in [7, 11) is 0. The van der Waals surface area contributed by atoms with E-state index in [0.717, 1.165) is 0 Å². The minimum absolute atomic E-state index is 0.391. The van der Waals surface area contributed by atoms with Crippen molar-refractivity contribution in [1.29, 1.82) is 5.26 Å². The Bertz CT molecular complexity index is 730. The highest BCUT2D eigenvalue weighted by atomic mass is 16.3. The number of pyridine rings is 1. The number of aliphatic hydroxyl groups is 1. The monoisotopic (exact) mass is 311 g/mol. The van der Waals surface area contributed by atoms with Gasteiger partial charge in [0.05, 0.1) is 11.7 Å². The Morgan fingerprint density at radius 3 is 2.78 bits per heavy atom. The summed E-state index contributed by atoms with van der Waals surface area (Å²) in [6.07, 6.45) is 2.46. The fourth-order valence-electron chi connectivity index (χ4n) is 2.66. The maximum absolute atomic E-state index is 10.3. The van der Waals surface area contributed by atoms with Crippen molar-refractivity contribution in [2.45, 2.75) is 6.10 Å². The van der Waals surface area contributed by atoms with Gasteiger partial charge in [0.1, 0.15) is 29.9 Å². The molecule has 1 saturated heterocycles. The number of rotatable bonds is 2. The van der Waals surface area contributed by atoms with Crippen molar-refractivity contribution in [3.63, 3.8) is 0 Å². The van der Waals surface area contributed by atoms with Crippen LogP contribution in [0, 0.1) is 11.3 Å². The molecule has 2 aromatic heterocycles. The Morgan fingerprint density at radius 2 is 2.00 bits per heavy atom. The quantitative estimate of drug-likeness (QED) is 0.797. The van der Waals surface area contributed by atoms with E-state index in [1.807, 2.05) is 9.80 Å². The molecule has 8 nitrogen and oxygen atoms in total. The topological polar surface area (TPSA) is 115 Å². The Morgan fingerprint density at radius 1 is 1.22 bits per heavy atom. The van der Waals surface area contributed by atoms with E-state index in [1.165, 1.54) is 6.33 Å². The van der Waals surface area contributed by atoms with Gasteiger partial charge >= 0.3 is 0 Å². The zero-order valence-corrected chi connectivity index (χ0v) is 12.5. The predicted octanol–water partition coefficient (Wildman–Crippen LogP) is 0.0130. The van der Waals surface area contributed by atoms with Crippen molar-refractivity contribution >= 4 is 17.5 Å². The van der Waals surface area contributed by atoms with Gasteiger partial charge < -0.3 is 20.6 Å². The fraction of sp³-hybridized carbons (Fsp3) is 0.333. The van der Waals surface area contributed by atoms with Gasteiger partial charge in [-0.25, -0.2) is 15.0 Å². The van der Waals surface area contributed by atoms with E-state index in [0.29, 0.717) is 49.2 Å². The Hall–Kier alpha value is -2.92. The number of nitriles is 1. The normalized spacial score (nSPS) is 18.3. The minimum atomic E-state index is -0.595. The highest BCUT2D eigenvalue weighted by Crippen LogP contribution is 2.20. The third-order valence-electron chi connectivity index (χ3n) is 3.71. The molecule has 0 aliphatic carbocycles. The summed E-state index contributed by atoms with van der Waals surface area (Å²) in [6, 6.07) is 7.28. The molecule has 1 unspecified atom stereocenters. The summed E-state index contributed by atoms with van der Waals surface area (Å²) in [5.74, 6) is 1.67. The molecule has 1 aliphatic rings. The van der Waals surface area contributed by atoms with Crippen LogP contribution in [-0.4, -0.2) is 52.3 Å². The number of nitrogens with two attached hydrogens (primary N) is 1. The van der Waals surface area contributed by atoms with E-state index < -0.39 is 6.10 Å². The van der Waals surface area contributed by atoms with Gasteiger partial charge in [-0.15, -0.1) is 0 Å². The van der Waals surface area contributed by atoms with Crippen LogP contribution < -0.4 is 15.5 Å². The molecule has 1 aliphatic heterocycles. The van der Waals surface area contributed by atoms with Gasteiger partial charge in [-0.1, -0.05) is 0 Å². The van der Waals surface area contributed by atoms with Gasteiger partial charge in [0.2, 0.25) is 0 Å². The van der Waals surface area contributed by atoms with E-state index in [1.54, 1.807) is 24.4 Å². The van der Waals surface area contributed by atoms with Crippen LogP contribution in [0.15, 0.2) is 30.7 Å². The lowest BCUT2D eigenvalue weighted by Gasteiger charge is -2.23. The summed E-state index contributed by atoms with van der Waals surface area (Å²) in [4.78, 5) is 16.3. The van der Waals surface area contributed by atoms with Crippen LogP contribution in [0.1, 0.15) is 5.56 Å². The van der Waals surface area contributed by atoms with Crippen LogP contribution in [0.2, 0.25) is 0 Å². The molecule has 0 spiro atoms. The Balaban J connectivity index is 1.82. The van der Waals surface area contributed by atoms with Crippen molar-refractivity contribution in [2.24, 2.45) is 0 Å². The average molecular weight is 311 g/mol. The highest BCUT2D eigenvalue weighted by molar-refractivity contribution is 5.54. The maximum Gasteiger partial charge on any atom is 0.146 e. The number of aromatic nitrogens is 3. The van der Waals surface area contributed by atoms with E-state index >= 15 is 0 Å².